The minimum absolute atomic E-state index is 0.339. The molecule has 0 fully saturated rings. The summed E-state index contributed by atoms with van der Waals surface area (Å²) in [6, 6.07) is 0. The third kappa shape index (κ3) is 2.26. The van der Waals surface area contributed by atoms with E-state index in [4.69, 9.17) is 17.3 Å². The first-order chi connectivity index (χ1) is 6.70. The number of nitrogen functional groups attached to an aromatic ring is 1. The predicted octanol–water partition coefficient (Wildman–Crippen LogP) is 1.95. The maximum atomic E-state index is 6.01. The van der Waals surface area contributed by atoms with Crippen molar-refractivity contribution in [2.45, 2.75) is 20.3 Å². The van der Waals surface area contributed by atoms with Crippen LogP contribution in [0.5, 0.6) is 0 Å². The highest BCUT2D eigenvalue weighted by Crippen LogP contribution is 2.26. The lowest BCUT2D eigenvalue weighted by atomic mass is 10.4. The minimum atomic E-state index is 0.339. The molecule has 4 nitrogen and oxygen atoms in total. The van der Waals surface area contributed by atoms with Crippen LogP contribution >= 0.6 is 11.6 Å². The largest absolute Gasteiger partial charge is 0.382 e. The van der Waals surface area contributed by atoms with Crippen LogP contribution < -0.4 is 10.6 Å². The maximum Gasteiger partial charge on any atom is 0.153 e. The van der Waals surface area contributed by atoms with Gasteiger partial charge >= 0.3 is 0 Å². The number of nitrogens with zero attached hydrogens (tertiary/aromatic N) is 3. The Morgan fingerprint density at radius 2 is 2.14 bits per heavy atom. The highest BCUT2D eigenvalue weighted by Gasteiger charge is 2.11. The van der Waals surface area contributed by atoms with Crippen molar-refractivity contribution in [3.63, 3.8) is 0 Å². The van der Waals surface area contributed by atoms with E-state index < -0.39 is 0 Å². The van der Waals surface area contributed by atoms with E-state index in [2.05, 4.69) is 28.7 Å². The molecule has 0 radical (unpaired) electrons. The molecular formula is C9H15ClN4. The molecule has 14 heavy (non-hydrogen) atoms. The number of halogens is 1. The topological polar surface area (TPSA) is 55.0 Å². The zero-order valence-electron chi connectivity index (χ0n) is 8.50. The number of anilines is 2. The highest BCUT2D eigenvalue weighted by atomic mass is 35.5. The van der Waals surface area contributed by atoms with Gasteiger partial charge in [-0.05, 0) is 13.3 Å². The molecule has 0 spiro atoms. The molecule has 0 aliphatic rings. The molecule has 1 rings (SSSR count). The third-order valence-corrected chi connectivity index (χ3v) is 2.34. The summed E-state index contributed by atoms with van der Waals surface area (Å²) in [5, 5.41) is 0.447. The predicted molar refractivity (Wildman–Crippen MR) is 59.6 cm³/mol. The smallest absolute Gasteiger partial charge is 0.153 e. The monoisotopic (exact) mass is 214 g/mol. The first-order valence-electron chi connectivity index (χ1n) is 4.71. The highest BCUT2D eigenvalue weighted by molar-refractivity contribution is 6.35. The molecule has 0 saturated heterocycles. The van der Waals surface area contributed by atoms with Crippen molar-refractivity contribution >= 4 is 23.2 Å². The Morgan fingerprint density at radius 3 is 2.71 bits per heavy atom. The lowest BCUT2D eigenvalue weighted by Gasteiger charge is -2.22. The van der Waals surface area contributed by atoms with Gasteiger partial charge in [0.25, 0.3) is 0 Å². The Morgan fingerprint density at radius 1 is 1.43 bits per heavy atom. The fraction of sp³-hybridized carbons (Fsp3) is 0.556. The van der Waals surface area contributed by atoms with Crippen molar-refractivity contribution in [2.75, 3.05) is 23.7 Å². The summed E-state index contributed by atoms with van der Waals surface area (Å²) >= 11 is 6.01. The van der Waals surface area contributed by atoms with Gasteiger partial charge in [-0.1, -0.05) is 18.5 Å². The normalized spacial score (nSPS) is 10.2. The zero-order valence-corrected chi connectivity index (χ0v) is 9.25. The van der Waals surface area contributed by atoms with Crippen molar-refractivity contribution in [1.29, 1.82) is 0 Å². The minimum Gasteiger partial charge on any atom is -0.382 e. The molecule has 0 amide bonds. The van der Waals surface area contributed by atoms with Gasteiger partial charge in [0, 0.05) is 13.1 Å². The summed E-state index contributed by atoms with van der Waals surface area (Å²) in [5.41, 5.74) is 5.60. The molecule has 0 aliphatic carbocycles. The van der Waals surface area contributed by atoms with Gasteiger partial charge in [0.2, 0.25) is 0 Å². The van der Waals surface area contributed by atoms with E-state index in [1.165, 1.54) is 6.33 Å². The fourth-order valence-corrected chi connectivity index (χ4v) is 1.49. The molecule has 0 atom stereocenters. The van der Waals surface area contributed by atoms with E-state index in [1.807, 2.05) is 0 Å². The van der Waals surface area contributed by atoms with Crippen LogP contribution in [-0.4, -0.2) is 23.1 Å². The molecule has 0 bridgehead atoms. The fourth-order valence-electron chi connectivity index (χ4n) is 1.28. The van der Waals surface area contributed by atoms with Crippen molar-refractivity contribution in [3.05, 3.63) is 11.3 Å². The summed E-state index contributed by atoms with van der Waals surface area (Å²) in [4.78, 5) is 10.0. The Balaban J connectivity index is 2.97. The van der Waals surface area contributed by atoms with Crippen LogP contribution in [0.4, 0.5) is 11.6 Å². The van der Waals surface area contributed by atoms with Crippen LogP contribution in [0.15, 0.2) is 6.33 Å². The Hall–Kier alpha value is -1.03. The second-order valence-corrected chi connectivity index (χ2v) is 3.35. The number of aromatic nitrogens is 2. The standard InChI is InChI=1S/C9H15ClN4/c1-3-5-14(4-2)9-7(10)8(11)12-6-13-9/h6H,3-5H2,1-2H3,(H2,11,12,13). The molecule has 1 aromatic rings. The molecular weight excluding hydrogens is 200 g/mol. The summed E-state index contributed by atoms with van der Waals surface area (Å²) < 4.78 is 0. The number of rotatable bonds is 4. The lowest BCUT2D eigenvalue weighted by Crippen LogP contribution is -2.25. The molecule has 78 valence electrons. The molecule has 1 heterocycles. The first-order valence-corrected chi connectivity index (χ1v) is 5.09. The average molecular weight is 215 g/mol. The van der Waals surface area contributed by atoms with Crippen molar-refractivity contribution in [3.8, 4) is 0 Å². The van der Waals surface area contributed by atoms with Crippen LogP contribution in [0.25, 0.3) is 0 Å². The van der Waals surface area contributed by atoms with E-state index in [-0.39, 0.29) is 0 Å². The molecule has 5 heteroatoms. The van der Waals surface area contributed by atoms with Gasteiger partial charge in [0.1, 0.15) is 17.2 Å². The van der Waals surface area contributed by atoms with E-state index in [9.17, 15) is 0 Å². The van der Waals surface area contributed by atoms with Gasteiger partial charge in [-0.3, -0.25) is 0 Å². The van der Waals surface area contributed by atoms with Crippen molar-refractivity contribution in [2.24, 2.45) is 0 Å². The summed E-state index contributed by atoms with van der Waals surface area (Å²) in [6.07, 6.45) is 2.49. The molecule has 1 aromatic heterocycles. The quantitative estimate of drug-likeness (QED) is 0.833. The second-order valence-electron chi connectivity index (χ2n) is 2.98. The number of hydrogen-bond donors (Lipinski definition) is 1. The molecule has 0 aliphatic heterocycles. The van der Waals surface area contributed by atoms with E-state index in [0.29, 0.717) is 10.8 Å². The molecule has 2 N–H and O–H groups in total. The Kier molecular flexibility index (Phi) is 3.95. The van der Waals surface area contributed by atoms with Gasteiger partial charge < -0.3 is 10.6 Å². The van der Waals surface area contributed by atoms with E-state index in [1.54, 1.807) is 0 Å². The van der Waals surface area contributed by atoms with E-state index in [0.717, 1.165) is 25.3 Å². The molecule has 0 saturated carbocycles. The van der Waals surface area contributed by atoms with Crippen LogP contribution in [0.2, 0.25) is 5.02 Å². The SMILES string of the molecule is CCCN(CC)c1ncnc(N)c1Cl. The van der Waals surface area contributed by atoms with Crippen LogP contribution in [-0.2, 0) is 0 Å². The summed E-state index contributed by atoms with van der Waals surface area (Å²) in [7, 11) is 0. The van der Waals surface area contributed by atoms with Crippen molar-refractivity contribution in [1.82, 2.24) is 9.97 Å². The van der Waals surface area contributed by atoms with Crippen LogP contribution in [0, 0.1) is 0 Å². The van der Waals surface area contributed by atoms with Gasteiger partial charge in [-0.15, -0.1) is 0 Å². The summed E-state index contributed by atoms with van der Waals surface area (Å²) in [6.45, 7) is 5.96. The maximum absolute atomic E-state index is 6.01. The molecule has 0 unspecified atom stereocenters. The third-order valence-electron chi connectivity index (χ3n) is 1.97. The van der Waals surface area contributed by atoms with Gasteiger partial charge in [0.05, 0.1) is 0 Å². The van der Waals surface area contributed by atoms with Gasteiger partial charge in [-0.2, -0.15) is 0 Å². The first kappa shape index (κ1) is 11.0. The average Bonchev–Trinajstić information content (AvgIpc) is 2.19. The van der Waals surface area contributed by atoms with Crippen molar-refractivity contribution < 1.29 is 0 Å². The van der Waals surface area contributed by atoms with Gasteiger partial charge in [-0.25, -0.2) is 9.97 Å². The summed E-state index contributed by atoms with van der Waals surface area (Å²) in [5.74, 6) is 1.06. The lowest BCUT2D eigenvalue weighted by molar-refractivity contribution is 0.777. The van der Waals surface area contributed by atoms with Crippen LogP contribution in [0.1, 0.15) is 20.3 Å². The van der Waals surface area contributed by atoms with E-state index >= 15 is 0 Å². The molecule has 0 aromatic carbocycles. The van der Waals surface area contributed by atoms with Crippen LogP contribution in [0.3, 0.4) is 0 Å². The Bertz CT molecular complexity index is 303. The Labute approximate surface area is 89.1 Å². The number of hydrogen-bond acceptors (Lipinski definition) is 4. The second kappa shape index (κ2) is 5.00. The zero-order chi connectivity index (χ0) is 10.6. The number of nitrogens with two attached hydrogens (primary N) is 1. The van der Waals surface area contributed by atoms with Gasteiger partial charge in [0.15, 0.2) is 5.82 Å².